The first-order valence-corrected chi connectivity index (χ1v) is 10.6. The lowest BCUT2D eigenvalue weighted by molar-refractivity contribution is -0.137. The summed E-state index contributed by atoms with van der Waals surface area (Å²) in [5.74, 6) is -1.77. The third-order valence-electron chi connectivity index (χ3n) is 5.73. The van der Waals surface area contributed by atoms with Crippen molar-refractivity contribution in [3.63, 3.8) is 0 Å². The molecule has 2 heterocycles. The number of dihydropyridines is 1. The smallest absolute Gasteiger partial charge is 0.416 e. The number of benzene rings is 1. The van der Waals surface area contributed by atoms with Gasteiger partial charge in [0.25, 0.3) is 0 Å². The molecule has 4 rings (SSSR count). The predicted molar refractivity (Wildman–Crippen MR) is 110 cm³/mol. The van der Waals surface area contributed by atoms with Gasteiger partial charge in [0.1, 0.15) is 0 Å². The Kier molecular flexibility index (Phi) is 5.51. The summed E-state index contributed by atoms with van der Waals surface area (Å²) in [4.78, 5) is 27.0. The van der Waals surface area contributed by atoms with E-state index in [9.17, 15) is 22.8 Å². The number of alkyl halides is 3. The van der Waals surface area contributed by atoms with Crippen molar-refractivity contribution in [2.75, 3.05) is 7.11 Å². The van der Waals surface area contributed by atoms with Crippen LogP contribution in [0.15, 0.2) is 64.3 Å². The molecule has 162 valence electrons. The first kappa shape index (κ1) is 21.4. The molecule has 1 aromatic heterocycles. The number of nitrogens with one attached hydrogen (secondary N) is 1. The van der Waals surface area contributed by atoms with Crippen molar-refractivity contribution in [2.45, 2.75) is 37.8 Å². The molecule has 2 atom stereocenters. The summed E-state index contributed by atoms with van der Waals surface area (Å²) in [5.41, 5.74) is 1.05. The van der Waals surface area contributed by atoms with Crippen LogP contribution in [0.3, 0.4) is 0 Å². The fourth-order valence-corrected chi connectivity index (χ4v) is 5.20. The summed E-state index contributed by atoms with van der Waals surface area (Å²) in [6.07, 6.45) is -3.75. The Hall–Kier alpha value is -2.87. The van der Waals surface area contributed by atoms with E-state index in [0.717, 1.165) is 17.0 Å². The molecule has 0 saturated carbocycles. The van der Waals surface area contributed by atoms with Crippen molar-refractivity contribution in [3.8, 4) is 0 Å². The van der Waals surface area contributed by atoms with Crippen molar-refractivity contribution in [1.82, 2.24) is 5.32 Å². The van der Waals surface area contributed by atoms with Crippen LogP contribution < -0.4 is 5.32 Å². The molecule has 4 nitrogen and oxygen atoms in total. The van der Waals surface area contributed by atoms with Gasteiger partial charge in [-0.1, -0.05) is 24.3 Å². The molecule has 1 aromatic carbocycles. The van der Waals surface area contributed by atoms with Gasteiger partial charge in [-0.3, -0.25) is 4.79 Å². The van der Waals surface area contributed by atoms with E-state index in [0.29, 0.717) is 23.4 Å². The van der Waals surface area contributed by atoms with E-state index in [1.807, 2.05) is 17.5 Å². The number of ether oxygens (including phenoxy) is 1. The molecular formula is C23H20F3NO3S. The van der Waals surface area contributed by atoms with Crippen molar-refractivity contribution in [3.05, 3.63) is 80.3 Å². The van der Waals surface area contributed by atoms with Crippen LogP contribution >= 0.6 is 11.3 Å². The number of thiophene rings is 1. The maximum atomic E-state index is 13.4. The molecule has 8 heteroatoms. The molecule has 2 unspecified atom stereocenters. The first-order valence-electron chi connectivity index (χ1n) is 9.73. The van der Waals surface area contributed by atoms with E-state index < -0.39 is 23.6 Å². The van der Waals surface area contributed by atoms with Gasteiger partial charge < -0.3 is 10.1 Å². The summed E-state index contributed by atoms with van der Waals surface area (Å²) in [6, 6.07) is 8.70. The van der Waals surface area contributed by atoms with Gasteiger partial charge in [0, 0.05) is 40.1 Å². The summed E-state index contributed by atoms with van der Waals surface area (Å²) in [6.45, 7) is 1.68. The summed E-state index contributed by atoms with van der Waals surface area (Å²) in [7, 11) is 1.21. The molecule has 0 amide bonds. The lowest BCUT2D eigenvalue weighted by atomic mass is 9.72. The van der Waals surface area contributed by atoms with Crippen molar-refractivity contribution < 1.29 is 27.5 Å². The van der Waals surface area contributed by atoms with Crippen LogP contribution in [0.25, 0.3) is 0 Å². The van der Waals surface area contributed by atoms with Gasteiger partial charge in [-0.25, -0.2) is 4.79 Å². The van der Waals surface area contributed by atoms with Gasteiger partial charge in [0.15, 0.2) is 5.78 Å². The van der Waals surface area contributed by atoms with E-state index in [1.165, 1.54) is 19.2 Å². The Balaban J connectivity index is 1.85. The number of carbonyl (C=O) groups is 2. The van der Waals surface area contributed by atoms with E-state index in [-0.39, 0.29) is 29.3 Å². The van der Waals surface area contributed by atoms with Crippen LogP contribution in [0.4, 0.5) is 13.2 Å². The number of hydrogen-bond acceptors (Lipinski definition) is 5. The molecule has 2 aliphatic rings. The molecule has 1 aliphatic carbocycles. The second kappa shape index (κ2) is 8.00. The third kappa shape index (κ3) is 3.92. The fourth-order valence-electron chi connectivity index (χ4n) is 4.37. The van der Waals surface area contributed by atoms with E-state index in [4.69, 9.17) is 4.74 Å². The average Bonchev–Trinajstić information content (AvgIpc) is 3.26. The Morgan fingerprint density at radius 2 is 1.97 bits per heavy atom. The largest absolute Gasteiger partial charge is 0.466 e. The molecule has 0 saturated heterocycles. The molecule has 0 fully saturated rings. The second-order valence-corrected chi connectivity index (χ2v) is 8.63. The van der Waals surface area contributed by atoms with Crippen LogP contribution in [0.2, 0.25) is 0 Å². The Bertz CT molecular complexity index is 1100. The second-order valence-electron chi connectivity index (χ2n) is 7.65. The fraction of sp³-hybridized carbons (Fsp3) is 0.304. The molecule has 0 radical (unpaired) electrons. The van der Waals surface area contributed by atoms with Gasteiger partial charge in [0.05, 0.1) is 18.2 Å². The number of allylic oxidation sites excluding steroid dienone is 3. The average molecular weight is 447 g/mol. The highest BCUT2D eigenvalue weighted by Crippen LogP contribution is 2.46. The Morgan fingerprint density at radius 1 is 1.19 bits per heavy atom. The molecule has 0 bridgehead atoms. The van der Waals surface area contributed by atoms with Gasteiger partial charge in [-0.15, -0.1) is 11.3 Å². The molecule has 1 N–H and O–H groups in total. The SMILES string of the molecule is COC(=O)C1=C(C)NC2=C(C(=O)CC(c3cccs3)C2)C1c1cccc(C(F)(F)F)c1. The molecule has 0 spiro atoms. The Morgan fingerprint density at radius 3 is 2.61 bits per heavy atom. The molecule has 31 heavy (non-hydrogen) atoms. The molecule has 2 aromatic rings. The van der Waals surface area contributed by atoms with Crippen molar-refractivity contribution >= 4 is 23.1 Å². The third-order valence-corrected chi connectivity index (χ3v) is 6.76. The number of esters is 1. The number of halogens is 3. The topological polar surface area (TPSA) is 55.4 Å². The van der Waals surface area contributed by atoms with Crippen LogP contribution in [-0.2, 0) is 20.5 Å². The minimum Gasteiger partial charge on any atom is -0.466 e. The van der Waals surface area contributed by atoms with E-state index >= 15 is 0 Å². The van der Waals surface area contributed by atoms with Gasteiger partial charge in [0.2, 0.25) is 0 Å². The summed E-state index contributed by atoms with van der Waals surface area (Å²) < 4.78 is 45.0. The van der Waals surface area contributed by atoms with Gasteiger partial charge in [-0.05, 0) is 36.4 Å². The van der Waals surface area contributed by atoms with Crippen LogP contribution in [0, 0.1) is 0 Å². The lowest BCUT2D eigenvalue weighted by Crippen LogP contribution is -2.36. The first-order chi connectivity index (χ1) is 14.7. The van der Waals surface area contributed by atoms with E-state index in [1.54, 1.807) is 18.3 Å². The molecule has 1 aliphatic heterocycles. The maximum Gasteiger partial charge on any atom is 0.416 e. The highest BCUT2D eigenvalue weighted by molar-refractivity contribution is 7.10. The predicted octanol–water partition coefficient (Wildman–Crippen LogP) is 5.30. The minimum atomic E-state index is -4.54. The van der Waals surface area contributed by atoms with Crippen molar-refractivity contribution in [1.29, 1.82) is 0 Å². The zero-order valence-electron chi connectivity index (χ0n) is 16.9. The number of methoxy groups -OCH3 is 1. The lowest BCUT2D eigenvalue weighted by Gasteiger charge is -2.36. The van der Waals surface area contributed by atoms with Crippen LogP contribution in [-0.4, -0.2) is 18.9 Å². The maximum absolute atomic E-state index is 13.4. The zero-order valence-corrected chi connectivity index (χ0v) is 17.7. The monoisotopic (exact) mass is 447 g/mol. The molecular weight excluding hydrogens is 427 g/mol. The summed E-state index contributed by atoms with van der Waals surface area (Å²) >= 11 is 1.57. The number of ketones is 1. The number of Topliss-reactive ketones (excluding diaryl/α,β-unsaturated/α-hetero) is 1. The minimum absolute atomic E-state index is 0.00612. The number of carbonyl (C=O) groups excluding carboxylic acids is 2. The highest BCUT2D eigenvalue weighted by atomic mass is 32.1. The number of rotatable bonds is 3. The van der Waals surface area contributed by atoms with Crippen molar-refractivity contribution in [2.24, 2.45) is 0 Å². The zero-order chi connectivity index (χ0) is 22.3. The van der Waals surface area contributed by atoms with Gasteiger partial charge in [-0.2, -0.15) is 13.2 Å². The highest BCUT2D eigenvalue weighted by Gasteiger charge is 2.42. The summed E-state index contributed by atoms with van der Waals surface area (Å²) in [5, 5.41) is 5.12. The van der Waals surface area contributed by atoms with Gasteiger partial charge >= 0.3 is 12.1 Å². The van der Waals surface area contributed by atoms with Crippen LogP contribution in [0.5, 0.6) is 0 Å². The Labute approximate surface area is 181 Å². The van der Waals surface area contributed by atoms with Crippen LogP contribution in [0.1, 0.15) is 47.6 Å². The standard InChI is InChI=1S/C23H20F3NO3S/c1-12-19(22(29)30-2)20(13-5-3-6-15(9-13)23(24,25)26)21-16(27-12)10-14(11-17(21)28)18-7-4-8-31-18/h3-9,14,20,27H,10-11H2,1-2H3. The quantitative estimate of drug-likeness (QED) is 0.649. The number of hydrogen-bond donors (Lipinski definition) is 1. The normalized spacial score (nSPS) is 21.6. The van der Waals surface area contributed by atoms with E-state index in [2.05, 4.69) is 5.32 Å².